The highest BCUT2D eigenvalue weighted by molar-refractivity contribution is 5.76. The maximum atomic E-state index is 11.6. The van der Waals surface area contributed by atoms with E-state index in [0.29, 0.717) is 0 Å². The molecule has 0 saturated heterocycles. The van der Waals surface area contributed by atoms with Crippen molar-refractivity contribution in [1.82, 2.24) is 5.32 Å². The predicted octanol–water partition coefficient (Wildman–Crippen LogP) is 0.876. The van der Waals surface area contributed by atoms with Crippen molar-refractivity contribution in [3.8, 4) is 12.3 Å². The van der Waals surface area contributed by atoms with Crippen molar-refractivity contribution < 1.29 is 14.6 Å². The van der Waals surface area contributed by atoms with Crippen LogP contribution in [0.15, 0.2) is 30.3 Å². The van der Waals surface area contributed by atoms with Gasteiger partial charge in [0.25, 0.3) is 0 Å². The maximum Gasteiger partial charge on any atom is 0.222 e. The molecule has 1 rings (SSSR count). The molecule has 1 atom stereocenters. The number of hydrogen-bond donors (Lipinski definition) is 2. The van der Waals surface area contributed by atoms with Gasteiger partial charge in [-0.2, -0.15) is 0 Å². The Morgan fingerprint density at radius 1 is 1.44 bits per heavy atom. The van der Waals surface area contributed by atoms with Gasteiger partial charge in [-0.05, 0) is 5.56 Å². The monoisotopic (exact) mass is 247 g/mol. The van der Waals surface area contributed by atoms with Crippen LogP contribution in [0.5, 0.6) is 0 Å². The molecule has 0 aromatic heterocycles. The van der Waals surface area contributed by atoms with Crippen LogP contribution < -0.4 is 5.32 Å². The summed E-state index contributed by atoms with van der Waals surface area (Å²) in [5.74, 6) is 2.15. The Labute approximate surface area is 107 Å². The van der Waals surface area contributed by atoms with E-state index in [-0.39, 0.29) is 38.2 Å². The van der Waals surface area contributed by atoms with E-state index in [0.717, 1.165) is 5.56 Å². The minimum atomic E-state index is -0.383. The van der Waals surface area contributed by atoms with Crippen molar-refractivity contribution in [3.05, 3.63) is 35.9 Å². The van der Waals surface area contributed by atoms with E-state index in [9.17, 15) is 9.90 Å². The Hall–Kier alpha value is -1.83. The van der Waals surface area contributed by atoms with Crippen molar-refractivity contribution in [2.24, 2.45) is 0 Å². The largest absolute Gasteiger partial charge is 0.394 e. The quantitative estimate of drug-likeness (QED) is 0.555. The molecule has 96 valence electrons. The Bertz CT molecular complexity index is 397. The lowest BCUT2D eigenvalue weighted by molar-refractivity contribution is -0.123. The Morgan fingerprint density at radius 2 is 2.17 bits per heavy atom. The molecule has 0 fully saturated rings. The first-order valence-electron chi connectivity index (χ1n) is 5.74. The number of aliphatic hydroxyl groups excluding tert-OH is 1. The average molecular weight is 247 g/mol. The molecule has 0 heterocycles. The molecule has 0 aliphatic carbocycles. The summed E-state index contributed by atoms with van der Waals surface area (Å²) in [4.78, 5) is 11.6. The van der Waals surface area contributed by atoms with Gasteiger partial charge in [0.15, 0.2) is 0 Å². The van der Waals surface area contributed by atoms with Crippen LogP contribution in [-0.2, 0) is 9.53 Å². The molecule has 0 radical (unpaired) electrons. The van der Waals surface area contributed by atoms with Gasteiger partial charge in [-0.1, -0.05) is 36.3 Å². The van der Waals surface area contributed by atoms with Crippen LogP contribution in [0.4, 0.5) is 0 Å². The Morgan fingerprint density at radius 3 is 2.78 bits per heavy atom. The van der Waals surface area contributed by atoms with Crippen LogP contribution in [0.1, 0.15) is 18.0 Å². The van der Waals surface area contributed by atoms with Gasteiger partial charge in [0.05, 0.1) is 25.7 Å². The maximum absolute atomic E-state index is 11.6. The minimum Gasteiger partial charge on any atom is -0.394 e. The molecule has 1 unspecified atom stereocenters. The van der Waals surface area contributed by atoms with E-state index < -0.39 is 0 Å². The van der Waals surface area contributed by atoms with E-state index in [1.165, 1.54) is 0 Å². The number of rotatable bonds is 7. The lowest BCUT2D eigenvalue weighted by Crippen LogP contribution is -2.31. The molecule has 2 N–H and O–H groups in total. The third kappa shape index (κ3) is 5.00. The van der Waals surface area contributed by atoms with E-state index in [1.807, 2.05) is 30.3 Å². The van der Waals surface area contributed by atoms with Crippen LogP contribution in [0.25, 0.3) is 0 Å². The second kappa shape index (κ2) is 8.29. The first kappa shape index (κ1) is 14.2. The number of amides is 1. The smallest absolute Gasteiger partial charge is 0.222 e. The summed E-state index contributed by atoms with van der Waals surface area (Å²) in [6, 6.07) is 8.94. The molecule has 0 aliphatic heterocycles. The molecular formula is C14H17NO3. The predicted molar refractivity (Wildman–Crippen MR) is 68.7 cm³/mol. The standard InChI is InChI=1S/C14H17NO3/c1-2-9-18-10-8-14(17)15-13(11-16)12-6-4-3-5-7-12/h1,3-7,13,16H,8-11H2,(H,15,17). The highest BCUT2D eigenvalue weighted by Crippen LogP contribution is 2.11. The Kier molecular flexibility index (Phi) is 6.55. The van der Waals surface area contributed by atoms with E-state index >= 15 is 0 Å². The zero-order chi connectivity index (χ0) is 13.2. The zero-order valence-corrected chi connectivity index (χ0v) is 10.1. The first-order chi connectivity index (χ1) is 8.77. The van der Waals surface area contributed by atoms with Crippen molar-refractivity contribution in [3.63, 3.8) is 0 Å². The third-order valence-electron chi connectivity index (χ3n) is 2.38. The van der Waals surface area contributed by atoms with Crippen LogP contribution in [-0.4, -0.2) is 30.8 Å². The minimum absolute atomic E-state index is 0.138. The first-order valence-corrected chi connectivity index (χ1v) is 5.74. The zero-order valence-electron chi connectivity index (χ0n) is 10.1. The summed E-state index contributed by atoms with van der Waals surface area (Å²) in [7, 11) is 0. The van der Waals surface area contributed by atoms with Crippen LogP contribution >= 0.6 is 0 Å². The number of ether oxygens (including phenoxy) is 1. The van der Waals surface area contributed by atoms with Crippen molar-refractivity contribution in [2.75, 3.05) is 19.8 Å². The van der Waals surface area contributed by atoms with Gasteiger partial charge in [0.2, 0.25) is 5.91 Å². The molecule has 1 aromatic carbocycles. The van der Waals surface area contributed by atoms with Gasteiger partial charge in [-0.3, -0.25) is 4.79 Å². The second-order valence-corrected chi connectivity index (χ2v) is 3.72. The molecule has 0 bridgehead atoms. The summed E-state index contributed by atoms with van der Waals surface area (Å²) in [6.45, 7) is 0.347. The van der Waals surface area contributed by atoms with Crippen molar-refractivity contribution in [2.45, 2.75) is 12.5 Å². The van der Waals surface area contributed by atoms with Gasteiger partial charge in [0, 0.05) is 0 Å². The number of hydrogen-bond acceptors (Lipinski definition) is 3. The SMILES string of the molecule is C#CCOCCC(=O)NC(CO)c1ccccc1. The normalized spacial score (nSPS) is 11.6. The average Bonchev–Trinajstić information content (AvgIpc) is 2.42. The molecule has 0 spiro atoms. The summed E-state index contributed by atoms with van der Waals surface area (Å²) < 4.78 is 5.01. The van der Waals surface area contributed by atoms with Crippen molar-refractivity contribution >= 4 is 5.91 Å². The topological polar surface area (TPSA) is 58.6 Å². The van der Waals surface area contributed by atoms with Gasteiger partial charge in [-0.25, -0.2) is 0 Å². The summed E-state index contributed by atoms with van der Waals surface area (Å²) in [5.41, 5.74) is 0.873. The van der Waals surface area contributed by atoms with Gasteiger partial charge >= 0.3 is 0 Å². The number of carbonyl (C=O) groups excluding carboxylic acids is 1. The highest BCUT2D eigenvalue weighted by Gasteiger charge is 2.12. The number of nitrogens with one attached hydrogen (secondary N) is 1. The van der Waals surface area contributed by atoms with E-state index in [1.54, 1.807) is 0 Å². The summed E-state index contributed by atoms with van der Waals surface area (Å²) >= 11 is 0. The number of carbonyl (C=O) groups is 1. The van der Waals surface area contributed by atoms with Crippen LogP contribution in [0, 0.1) is 12.3 Å². The fourth-order valence-electron chi connectivity index (χ4n) is 1.48. The molecule has 0 saturated carbocycles. The third-order valence-corrected chi connectivity index (χ3v) is 2.38. The fraction of sp³-hybridized carbons (Fsp3) is 0.357. The molecule has 1 amide bonds. The van der Waals surface area contributed by atoms with E-state index in [2.05, 4.69) is 11.2 Å². The highest BCUT2D eigenvalue weighted by atomic mass is 16.5. The molecule has 18 heavy (non-hydrogen) atoms. The molecular weight excluding hydrogens is 230 g/mol. The molecule has 1 aromatic rings. The van der Waals surface area contributed by atoms with E-state index in [4.69, 9.17) is 11.2 Å². The molecule has 0 aliphatic rings. The molecule has 4 nitrogen and oxygen atoms in total. The fourth-order valence-corrected chi connectivity index (χ4v) is 1.48. The second-order valence-electron chi connectivity index (χ2n) is 3.72. The number of aliphatic hydroxyl groups is 1. The lowest BCUT2D eigenvalue weighted by Gasteiger charge is -2.16. The van der Waals surface area contributed by atoms with Crippen LogP contribution in [0.3, 0.4) is 0 Å². The van der Waals surface area contributed by atoms with Crippen molar-refractivity contribution in [1.29, 1.82) is 0 Å². The number of benzene rings is 1. The summed E-state index contributed by atoms with van der Waals surface area (Å²) in [6.07, 6.45) is 5.24. The van der Waals surface area contributed by atoms with Gasteiger partial charge < -0.3 is 15.2 Å². The van der Waals surface area contributed by atoms with Crippen LogP contribution in [0.2, 0.25) is 0 Å². The number of terminal acetylenes is 1. The summed E-state index contributed by atoms with van der Waals surface area (Å²) in [5, 5.41) is 12.0. The van der Waals surface area contributed by atoms with Gasteiger partial charge in [-0.15, -0.1) is 6.42 Å². The Balaban J connectivity index is 2.39. The molecule has 4 heteroatoms. The lowest BCUT2D eigenvalue weighted by atomic mass is 10.1. The van der Waals surface area contributed by atoms with Gasteiger partial charge in [0.1, 0.15) is 6.61 Å².